The van der Waals surface area contributed by atoms with E-state index in [0.29, 0.717) is 0 Å². The number of nitrogens with zero attached hydrogens (tertiary/aromatic N) is 2. The van der Waals surface area contributed by atoms with Gasteiger partial charge in [0.2, 0.25) is 5.88 Å². The second-order valence-corrected chi connectivity index (χ2v) is 4.90. The molecule has 0 aliphatic heterocycles. The summed E-state index contributed by atoms with van der Waals surface area (Å²) in [5, 5.41) is 27.8. The van der Waals surface area contributed by atoms with Crippen LogP contribution in [-0.2, 0) is 9.59 Å². The number of aromatic amines is 1. The van der Waals surface area contributed by atoms with Crippen molar-refractivity contribution in [2.24, 2.45) is 4.99 Å². The number of H-pyrrole nitrogens is 1. The van der Waals surface area contributed by atoms with Gasteiger partial charge in [0.25, 0.3) is 5.56 Å². The van der Waals surface area contributed by atoms with E-state index in [9.17, 15) is 24.3 Å². The van der Waals surface area contributed by atoms with E-state index in [1.54, 1.807) is 18.2 Å². The number of rotatable bonds is 6. The van der Waals surface area contributed by atoms with E-state index in [1.165, 1.54) is 12.1 Å². The molecule has 0 aliphatic rings. The number of carboxylic acid groups (broad SMARTS) is 2. The summed E-state index contributed by atoms with van der Waals surface area (Å²) in [7, 11) is 0. The van der Waals surface area contributed by atoms with Gasteiger partial charge in [-0.3, -0.25) is 19.6 Å². The molecule has 2 rings (SSSR count). The lowest BCUT2D eigenvalue weighted by molar-refractivity contribution is -0.144. The van der Waals surface area contributed by atoms with Crippen molar-refractivity contribution in [3.05, 3.63) is 56.7 Å². The van der Waals surface area contributed by atoms with Gasteiger partial charge in [-0.25, -0.2) is 14.2 Å². The van der Waals surface area contributed by atoms with Crippen LogP contribution in [0.5, 0.6) is 5.88 Å². The number of aromatic hydroxyl groups is 1. The normalized spacial score (nSPS) is 12.2. The third kappa shape index (κ3) is 3.99. The van der Waals surface area contributed by atoms with Gasteiger partial charge in [0.05, 0.1) is 12.1 Å². The summed E-state index contributed by atoms with van der Waals surface area (Å²) in [6.45, 7) is 0. The summed E-state index contributed by atoms with van der Waals surface area (Å²) in [4.78, 5) is 50.9. The minimum atomic E-state index is -1.64. The van der Waals surface area contributed by atoms with Crippen LogP contribution in [0.1, 0.15) is 12.0 Å². The van der Waals surface area contributed by atoms with Gasteiger partial charge in [0.15, 0.2) is 6.04 Å². The van der Waals surface area contributed by atoms with Gasteiger partial charge >= 0.3 is 17.6 Å². The molecule has 1 atom stereocenters. The van der Waals surface area contributed by atoms with E-state index in [-0.39, 0.29) is 5.69 Å². The Morgan fingerprint density at radius 3 is 2.40 bits per heavy atom. The Morgan fingerprint density at radius 2 is 1.84 bits per heavy atom. The van der Waals surface area contributed by atoms with Crippen molar-refractivity contribution in [2.75, 3.05) is 0 Å². The highest BCUT2D eigenvalue weighted by Crippen LogP contribution is 2.15. The highest BCUT2D eigenvalue weighted by molar-refractivity contribution is 5.87. The van der Waals surface area contributed by atoms with Crippen molar-refractivity contribution in [2.45, 2.75) is 12.5 Å². The van der Waals surface area contributed by atoms with E-state index in [0.717, 1.165) is 10.8 Å². The van der Waals surface area contributed by atoms with Gasteiger partial charge in [0, 0.05) is 6.21 Å². The molecule has 1 aromatic heterocycles. The third-order valence-electron chi connectivity index (χ3n) is 3.17. The summed E-state index contributed by atoms with van der Waals surface area (Å²) in [5.74, 6) is -3.65. The first-order chi connectivity index (χ1) is 11.8. The lowest BCUT2D eigenvalue weighted by Gasteiger charge is -2.09. The van der Waals surface area contributed by atoms with Crippen LogP contribution >= 0.6 is 0 Å². The van der Waals surface area contributed by atoms with E-state index < -0.39 is 47.1 Å². The number of nitrogens with one attached hydrogen (secondary N) is 1. The van der Waals surface area contributed by atoms with E-state index >= 15 is 0 Å². The maximum Gasteiger partial charge on any atom is 0.335 e. The van der Waals surface area contributed by atoms with Crippen molar-refractivity contribution in [1.29, 1.82) is 0 Å². The predicted octanol–water partition coefficient (Wildman–Crippen LogP) is -0.422. The van der Waals surface area contributed by atoms with Crippen LogP contribution in [-0.4, -0.2) is 49.1 Å². The SMILES string of the molecule is O=C(O)C[C@@H](N=Cc1c(O)n(-c2ccccc2)c(=O)[nH]c1=O)C(=O)O. The second-order valence-electron chi connectivity index (χ2n) is 4.90. The molecule has 0 fully saturated rings. The van der Waals surface area contributed by atoms with Gasteiger partial charge < -0.3 is 15.3 Å². The molecule has 0 amide bonds. The van der Waals surface area contributed by atoms with Crippen molar-refractivity contribution in [1.82, 2.24) is 9.55 Å². The number of aliphatic imine (C=N–C) groups is 1. The topological polar surface area (TPSA) is 162 Å². The average molecular weight is 347 g/mol. The molecule has 25 heavy (non-hydrogen) atoms. The molecule has 4 N–H and O–H groups in total. The largest absolute Gasteiger partial charge is 0.493 e. The molecule has 10 nitrogen and oxygen atoms in total. The number of hydrogen-bond donors (Lipinski definition) is 4. The lowest BCUT2D eigenvalue weighted by Crippen LogP contribution is -2.31. The van der Waals surface area contributed by atoms with Gasteiger partial charge in [0.1, 0.15) is 5.56 Å². The number of aliphatic carboxylic acids is 2. The summed E-state index contributed by atoms with van der Waals surface area (Å²) >= 11 is 0. The fraction of sp³-hybridized carbons (Fsp3) is 0.133. The molecule has 0 bridgehead atoms. The van der Waals surface area contributed by atoms with Crippen LogP contribution in [0.2, 0.25) is 0 Å². The average Bonchev–Trinajstić information content (AvgIpc) is 2.53. The molecule has 2 aromatic rings. The van der Waals surface area contributed by atoms with Gasteiger partial charge in [-0.1, -0.05) is 18.2 Å². The summed E-state index contributed by atoms with van der Waals surface area (Å²) in [6.07, 6.45) is -0.0718. The van der Waals surface area contributed by atoms with Crippen LogP contribution in [0.3, 0.4) is 0 Å². The Labute approximate surface area is 139 Å². The molecular weight excluding hydrogens is 334 g/mol. The Hall–Kier alpha value is -3.69. The molecule has 0 saturated carbocycles. The molecule has 0 aliphatic carbocycles. The van der Waals surface area contributed by atoms with Crippen molar-refractivity contribution < 1.29 is 24.9 Å². The fourth-order valence-electron chi connectivity index (χ4n) is 2.01. The highest BCUT2D eigenvalue weighted by Gasteiger charge is 2.20. The number of aromatic nitrogens is 2. The molecular formula is C15H13N3O7. The molecule has 1 aromatic carbocycles. The number of hydrogen-bond acceptors (Lipinski definition) is 6. The number of carbonyl (C=O) groups is 2. The highest BCUT2D eigenvalue weighted by atomic mass is 16.4. The zero-order valence-electron chi connectivity index (χ0n) is 12.6. The van der Waals surface area contributed by atoms with Crippen LogP contribution in [0, 0.1) is 0 Å². The summed E-state index contributed by atoms with van der Waals surface area (Å²) in [6, 6.07) is 6.26. The van der Waals surface area contributed by atoms with Crippen molar-refractivity contribution in [3.8, 4) is 11.6 Å². The maximum absolute atomic E-state index is 11.9. The predicted molar refractivity (Wildman–Crippen MR) is 85.6 cm³/mol. The monoisotopic (exact) mass is 347 g/mol. The molecule has 0 radical (unpaired) electrons. The van der Waals surface area contributed by atoms with Gasteiger partial charge in [-0.2, -0.15) is 0 Å². The molecule has 130 valence electrons. The third-order valence-corrected chi connectivity index (χ3v) is 3.17. The van der Waals surface area contributed by atoms with Crippen LogP contribution in [0.25, 0.3) is 5.69 Å². The number of benzene rings is 1. The molecule has 10 heteroatoms. The molecule has 0 unspecified atom stereocenters. The minimum Gasteiger partial charge on any atom is -0.493 e. The van der Waals surface area contributed by atoms with Crippen LogP contribution < -0.4 is 11.2 Å². The van der Waals surface area contributed by atoms with E-state index in [1.807, 2.05) is 4.98 Å². The Bertz CT molecular complexity index is 944. The smallest absolute Gasteiger partial charge is 0.335 e. The summed E-state index contributed by atoms with van der Waals surface area (Å²) in [5.41, 5.74) is -2.10. The Balaban J connectivity index is 2.54. The lowest BCUT2D eigenvalue weighted by atomic mass is 10.2. The molecule has 0 spiro atoms. The van der Waals surface area contributed by atoms with Crippen LogP contribution in [0.15, 0.2) is 44.9 Å². The molecule has 0 saturated heterocycles. The second kappa shape index (κ2) is 7.25. The molecule has 1 heterocycles. The zero-order chi connectivity index (χ0) is 18.6. The zero-order valence-corrected chi connectivity index (χ0v) is 12.6. The quantitative estimate of drug-likeness (QED) is 0.516. The minimum absolute atomic E-state index is 0.260. The van der Waals surface area contributed by atoms with Gasteiger partial charge in [-0.15, -0.1) is 0 Å². The first kappa shape index (κ1) is 17.7. The maximum atomic E-state index is 11.9. The van der Waals surface area contributed by atoms with Gasteiger partial charge in [-0.05, 0) is 12.1 Å². The first-order valence-corrected chi connectivity index (χ1v) is 6.92. The van der Waals surface area contributed by atoms with E-state index in [2.05, 4.69) is 4.99 Å². The number of para-hydroxylation sites is 1. The standard InChI is InChI=1S/C15H13N3O7/c19-11(20)6-10(14(23)24)16-7-9-12(21)17-15(25)18(13(9)22)8-4-2-1-3-5-8/h1-5,7,10,22H,6H2,(H,19,20)(H,23,24)(H,17,21,25)/t10-/m1/s1. The Kier molecular flexibility index (Phi) is 5.12. The van der Waals surface area contributed by atoms with Crippen LogP contribution in [0.4, 0.5) is 0 Å². The fourth-order valence-corrected chi connectivity index (χ4v) is 2.01. The Morgan fingerprint density at radius 1 is 1.20 bits per heavy atom. The first-order valence-electron chi connectivity index (χ1n) is 6.92. The number of carboxylic acids is 2. The van der Waals surface area contributed by atoms with Crippen molar-refractivity contribution >= 4 is 18.2 Å². The summed E-state index contributed by atoms with van der Waals surface area (Å²) < 4.78 is 0.801. The van der Waals surface area contributed by atoms with Crippen molar-refractivity contribution in [3.63, 3.8) is 0 Å². The van der Waals surface area contributed by atoms with E-state index in [4.69, 9.17) is 10.2 Å².